The Labute approximate surface area is 166 Å². The molecule has 1 aromatic heterocycles. The predicted octanol–water partition coefficient (Wildman–Crippen LogP) is 3.54. The lowest BCUT2D eigenvalue weighted by atomic mass is 10.1. The van der Waals surface area contributed by atoms with Crippen LogP contribution >= 0.6 is 0 Å². The second-order valence-corrected chi connectivity index (χ2v) is 6.63. The Morgan fingerprint density at radius 2 is 1.76 bits per heavy atom. The maximum absolute atomic E-state index is 12.9. The van der Waals surface area contributed by atoms with E-state index in [9.17, 15) is 22.8 Å². The Morgan fingerprint density at radius 3 is 2.41 bits per heavy atom. The molecule has 1 aliphatic heterocycles. The third-order valence-electron chi connectivity index (χ3n) is 4.71. The van der Waals surface area contributed by atoms with Crippen LogP contribution in [-0.4, -0.2) is 52.8 Å². The van der Waals surface area contributed by atoms with Crippen LogP contribution < -0.4 is 5.32 Å². The fourth-order valence-corrected chi connectivity index (χ4v) is 3.14. The fraction of sp³-hybridized carbons (Fsp3) is 0.350. The third-order valence-corrected chi connectivity index (χ3v) is 4.71. The summed E-state index contributed by atoms with van der Waals surface area (Å²) in [6.07, 6.45) is -2.58. The smallest absolute Gasteiger partial charge is 0.340 e. The van der Waals surface area contributed by atoms with Crippen molar-refractivity contribution < 1.29 is 22.8 Å². The number of benzene rings is 1. The van der Waals surface area contributed by atoms with Gasteiger partial charge < -0.3 is 15.1 Å². The summed E-state index contributed by atoms with van der Waals surface area (Å²) in [5.74, 6) is -0.0505. The standard InChI is InChI=1S/C20H21F3N4O2/c1-2-17(28)26-9-11-27(12-10-26)19(29)16-7-4-8-24-18(16)25-15-6-3-5-14(13-15)20(21,22)23/h3-8,13H,2,9-12H2,1H3,(H,24,25). The molecule has 1 aromatic carbocycles. The van der Waals surface area contributed by atoms with E-state index in [1.807, 2.05) is 0 Å². The first-order valence-electron chi connectivity index (χ1n) is 9.26. The molecule has 29 heavy (non-hydrogen) atoms. The van der Waals surface area contributed by atoms with Gasteiger partial charge in [-0.2, -0.15) is 13.2 Å². The van der Waals surface area contributed by atoms with Gasteiger partial charge in [-0.15, -0.1) is 0 Å². The number of aromatic nitrogens is 1. The van der Waals surface area contributed by atoms with Gasteiger partial charge in [0.05, 0.1) is 11.1 Å². The van der Waals surface area contributed by atoms with Crippen LogP contribution in [0.25, 0.3) is 0 Å². The molecule has 0 bridgehead atoms. The monoisotopic (exact) mass is 406 g/mol. The summed E-state index contributed by atoms with van der Waals surface area (Å²) >= 11 is 0. The van der Waals surface area contributed by atoms with Crippen molar-refractivity contribution in [2.75, 3.05) is 31.5 Å². The first kappa shape index (κ1) is 20.6. The van der Waals surface area contributed by atoms with E-state index in [1.165, 1.54) is 18.3 Å². The molecular weight excluding hydrogens is 385 g/mol. The van der Waals surface area contributed by atoms with Crippen LogP contribution in [0.3, 0.4) is 0 Å². The van der Waals surface area contributed by atoms with Crippen molar-refractivity contribution >= 4 is 23.3 Å². The molecule has 2 aromatic rings. The molecule has 1 saturated heterocycles. The number of nitrogens with one attached hydrogen (secondary N) is 1. The molecule has 0 radical (unpaired) electrons. The van der Waals surface area contributed by atoms with Crippen molar-refractivity contribution in [3.63, 3.8) is 0 Å². The van der Waals surface area contributed by atoms with Crippen molar-refractivity contribution in [3.8, 4) is 0 Å². The molecular formula is C20H21F3N4O2. The number of amides is 2. The zero-order valence-electron chi connectivity index (χ0n) is 15.9. The molecule has 6 nitrogen and oxygen atoms in total. The number of nitrogens with zero attached hydrogens (tertiary/aromatic N) is 3. The highest BCUT2D eigenvalue weighted by atomic mass is 19.4. The summed E-state index contributed by atoms with van der Waals surface area (Å²) in [7, 11) is 0. The minimum atomic E-state index is -4.46. The lowest BCUT2D eigenvalue weighted by molar-refractivity contribution is -0.137. The van der Waals surface area contributed by atoms with Gasteiger partial charge in [0.25, 0.3) is 5.91 Å². The molecule has 9 heteroatoms. The molecule has 2 amide bonds. The van der Waals surface area contributed by atoms with E-state index in [0.717, 1.165) is 12.1 Å². The van der Waals surface area contributed by atoms with Crippen LogP contribution in [-0.2, 0) is 11.0 Å². The zero-order chi connectivity index (χ0) is 21.0. The molecule has 1 N–H and O–H groups in total. The van der Waals surface area contributed by atoms with Crippen molar-refractivity contribution in [2.45, 2.75) is 19.5 Å². The molecule has 0 atom stereocenters. The van der Waals surface area contributed by atoms with Crippen LogP contribution in [0.5, 0.6) is 0 Å². The van der Waals surface area contributed by atoms with Crippen LogP contribution in [0.1, 0.15) is 29.3 Å². The number of carbonyl (C=O) groups excluding carboxylic acids is 2. The van der Waals surface area contributed by atoms with E-state index in [1.54, 1.807) is 28.9 Å². The Hall–Kier alpha value is -3.10. The van der Waals surface area contributed by atoms with Crippen LogP contribution in [0.15, 0.2) is 42.6 Å². The van der Waals surface area contributed by atoms with Gasteiger partial charge in [0, 0.05) is 44.5 Å². The molecule has 154 valence electrons. The summed E-state index contributed by atoms with van der Waals surface area (Å²) in [6, 6.07) is 7.90. The topological polar surface area (TPSA) is 65.5 Å². The minimum Gasteiger partial charge on any atom is -0.340 e. The van der Waals surface area contributed by atoms with E-state index >= 15 is 0 Å². The second kappa shape index (κ2) is 8.50. The Balaban J connectivity index is 1.76. The number of halogens is 3. The van der Waals surface area contributed by atoms with E-state index in [-0.39, 0.29) is 28.9 Å². The van der Waals surface area contributed by atoms with Crippen molar-refractivity contribution in [1.82, 2.24) is 14.8 Å². The normalized spacial score (nSPS) is 14.6. The lowest BCUT2D eigenvalue weighted by Crippen LogP contribution is -2.50. The molecule has 0 unspecified atom stereocenters. The maximum atomic E-state index is 12.9. The Morgan fingerprint density at radius 1 is 1.07 bits per heavy atom. The highest BCUT2D eigenvalue weighted by molar-refractivity contribution is 5.99. The number of rotatable bonds is 4. The molecule has 1 aliphatic rings. The van der Waals surface area contributed by atoms with Gasteiger partial charge >= 0.3 is 6.18 Å². The number of alkyl halides is 3. The number of carbonyl (C=O) groups is 2. The van der Waals surface area contributed by atoms with E-state index in [2.05, 4.69) is 10.3 Å². The summed E-state index contributed by atoms with van der Waals surface area (Å²) in [5.41, 5.74) is -0.339. The number of anilines is 2. The summed E-state index contributed by atoms with van der Waals surface area (Å²) < 4.78 is 38.8. The third kappa shape index (κ3) is 4.85. The van der Waals surface area contributed by atoms with Gasteiger partial charge in [0.1, 0.15) is 5.82 Å². The first-order chi connectivity index (χ1) is 13.8. The van der Waals surface area contributed by atoms with E-state index < -0.39 is 11.7 Å². The molecule has 0 spiro atoms. The molecule has 0 saturated carbocycles. The molecule has 3 rings (SSSR count). The van der Waals surface area contributed by atoms with E-state index in [4.69, 9.17) is 0 Å². The van der Waals surface area contributed by atoms with Crippen LogP contribution in [0.2, 0.25) is 0 Å². The average Bonchev–Trinajstić information content (AvgIpc) is 2.73. The van der Waals surface area contributed by atoms with Gasteiger partial charge in [-0.1, -0.05) is 13.0 Å². The van der Waals surface area contributed by atoms with Gasteiger partial charge in [0.2, 0.25) is 5.91 Å². The zero-order valence-corrected chi connectivity index (χ0v) is 15.9. The van der Waals surface area contributed by atoms with Crippen LogP contribution in [0, 0.1) is 0 Å². The van der Waals surface area contributed by atoms with Gasteiger partial charge in [-0.3, -0.25) is 9.59 Å². The minimum absolute atomic E-state index is 0.0466. The Bertz CT molecular complexity index is 893. The van der Waals surface area contributed by atoms with Crippen molar-refractivity contribution in [2.24, 2.45) is 0 Å². The summed E-state index contributed by atoms with van der Waals surface area (Å²) in [5, 5.41) is 2.82. The SMILES string of the molecule is CCC(=O)N1CCN(C(=O)c2cccnc2Nc2cccc(C(F)(F)F)c2)CC1. The Kier molecular flexibility index (Phi) is 6.05. The largest absolute Gasteiger partial charge is 0.416 e. The number of piperazine rings is 1. The highest BCUT2D eigenvalue weighted by Crippen LogP contribution is 2.31. The van der Waals surface area contributed by atoms with Gasteiger partial charge in [-0.25, -0.2) is 4.98 Å². The average molecular weight is 406 g/mol. The number of hydrogen-bond donors (Lipinski definition) is 1. The van der Waals surface area contributed by atoms with Crippen LogP contribution in [0.4, 0.5) is 24.7 Å². The molecule has 2 heterocycles. The first-order valence-corrected chi connectivity index (χ1v) is 9.26. The quantitative estimate of drug-likeness (QED) is 0.844. The van der Waals surface area contributed by atoms with Gasteiger partial charge in [-0.05, 0) is 30.3 Å². The van der Waals surface area contributed by atoms with Gasteiger partial charge in [0.15, 0.2) is 0 Å². The summed E-state index contributed by atoms with van der Waals surface area (Å²) in [4.78, 5) is 32.2. The predicted molar refractivity (Wildman–Crippen MR) is 102 cm³/mol. The van der Waals surface area contributed by atoms with Crippen molar-refractivity contribution in [1.29, 1.82) is 0 Å². The fourth-order valence-electron chi connectivity index (χ4n) is 3.14. The van der Waals surface area contributed by atoms with Crippen molar-refractivity contribution in [3.05, 3.63) is 53.7 Å². The number of pyridine rings is 1. The molecule has 0 aliphatic carbocycles. The summed E-state index contributed by atoms with van der Waals surface area (Å²) in [6.45, 7) is 3.48. The number of hydrogen-bond acceptors (Lipinski definition) is 4. The second-order valence-electron chi connectivity index (χ2n) is 6.63. The highest BCUT2D eigenvalue weighted by Gasteiger charge is 2.30. The maximum Gasteiger partial charge on any atom is 0.416 e. The lowest BCUT2D eigenvalue weighted by Gasteiger charge is -2.35. The van der Waals surface area contributed by atoms with E-state index in [0.29, 0.717) is 32.6 Å². The molecule has 1 fully saturated rings.